The van der Waals surface area contributed by atoms with E-state index in [4.69, 9.17) is 10.6 Å². The molecule has 0 saturated carbocycles. The van der Waals surface area contributed by atoms with Gasteiger partial charge in [-0.3, -0.25) is 15.2 Å². The SMILES string of the molecule is NNC(=O)COc1ccc2cccnc2c1. The smallest absolute Gasteiger partial charge is 0.271 e. The van der Waals surface area contributed by atoms with Crippen molar-refractivity contribution in [2.75, 3.05) is 6.61 Å². The second kappa shape index (κ2) is 4.59. The third kappa shape index (κ3) is 2.26. The van der Waals surface area contributed by atoms with Crippen LogP contribution in [0.25, 0.3) is 10.9 Å². The summed E-state index contributed by atoms with van der Waals surface area (Å²) in [6, 6.07) is 9.27. The maximum atomic E-state index is 10.9. The van der Waals surface area contributed by atoms with Gasteiger partial charge in [0.25, 0.3) is 5.91 Å². The van der Waals surface area contributed by atoms with Crippen LogP contribution in [0.3, 0.4) is 0 Å². The van der Waals surface area contributed by atoms with E-state index < -0.39 is 0 Å². The number of hydrogen-bond acceptors (Lipinski definition) is 4. The monoisotopic (exact) mass is 217 g/mol. The molecule has 0 radical (unpaired) electrons. The number of carbonyl (C=O) groups excluding carboxylic acids is 1. The van der Waals surface area contributed by atoms with E-state index >= 15 is 0 Å². The first-order valence-electron chi connectivity index (χ1n) is 4.76. The fraction of sp³-hybridized carbons (Fsp3) is 0.0909. The Morgan fingerprint density at radius 1 is 1.44 bits per heavy atom. The van der Waals surface area contributed by atoms with Crippen molar-refractivity contribution in [3.8, 4) is 5.75 Å². The molecule has 1 heterocycles. The standard InChI is InChI=1S/C11H11N3O2/c12-14-11(15)7-16-9-4-3-8-2-1-5-13-10(8)6-9/h1-6H,7,12H2,(H,14,15). The molecule has 0 spiro atoms. The summed E-state index contributed by atoms with van der Waals surface area (Å²) in [7, 11) is 0. The van der Waals surface area contributed by atoms with Crippen LogP contribution in [0.5, 0.6) is 5.75 Å². The van der Waals surface area contributed by atoms with Gasteiger partial charge in [0, 0.05) is 17.6 Å². The van der Waals surface area contributed by atoms with Gasteiger partial charge in [0.15, 0.2) is 6.61 Å². The zero-order valence-corrected chi connectivity index (χ0v) is 8.51. The highest BCUT2D eigenvalue weighted by molar-refractivity contribution is 5.80. The Kier molecular flexibility index (Phi) is 2.98. The first-order chi connectivity index (χ1) is 7.79. The highest BCUT2D eigenvalue weighted by atomic mass is 16.5. The number of fused-ring (bicyclic) bond motifs is 1. The molecule has 0 fully saturated rings. The Labute approximate surface area is 92.2 Å². The maximum Gasteiger partial charge on any atom is 0.271 e. The van der Waals surface area contributed by atoms with Gasteiger partial charge in [-0.25, -0.2) is 5.84 Å². The van der Waals surface area contributed by atoms with Crippen LogP contribution >= 0.6 is 0 Å². The van der Waals surface area contributed by atoms with E-state index in [1.54, 1.807) is 18.3 Å². The molecule has 5 heteroatoms. The van der Waals surface area contributed by atoms with Gasteiger partial charge >= 0.3 is 0 Å². The highest BCUT2D eigenvalue weighted by Gasteiger charge is 2.01. The molecule has 2 rings (SSSR count). The van der Waals surface area contributed by atoms with E-state index in [2.05, 4.69) is 4.98 Å². The molecule has 0 atom stereocenters. The van der Waals surface area contributed by atoms with Crippen molar-refractivity contribution in [3.63, 3.8) is 0 Å². The third-order valence-electron chi connectivity index (χ3n) is 2.11. The molecule has 0 saturated heterocycles. The molecule has 82 valence electrons. The van der Waals surface area contributed by atoms with Gasteiger partial charge in [0.05, 0.1) is 5.52 Å². The van der Waals surface area contributed by atoms with Gasteiger partial charge in [-0.15, -0.1) is 0 Å². The number of aromatic nitrogens is 1. The number of benzene rings is 1. The van der Waals surface area contributed by atoms with Crippen molar-refractivity contribution in [3.05, 3.63) is 36.5 Å². The predicted molar refractivity (Wildman–Crippen MR) is 59.6 cm³/mol. The van der Waals surface area contributed by atoms with Crippen LogP contribution in [0.2, 0.25) is 0 Å². The number of nitrogens with two attached hydrogens (primary N) is 1. The van der Waals surface area contributed by atoms with E-state index in [0.29, 0.717) is 5.75 Å². The van der Waals surface area contributed by atoms with Crippen molar-refractivity contribution in [2.45, 2.75) is 0 Å². The van der Waals surface area contributed by atoms with Crippen LogP contribution in [-0.4, -0.2) is 17.5 Å². The molecule has 1 aromatic carbocycles. The minimum Gasteiger partial charge on any atom is -0.484 e. The molecule has 0 aliphatic carbocycles. The largest absolute Gasteiger partial charge is 0.484 e. The van der Waals surface area contributed by atoms with E-state index in [9.17, 15) is 4.79 Å². The Morgan fingerprint density at radius 3 is 3.12 bits per heavy atom. The summed E-state index contributed by atoms with van der Waals surface area (Å²) in [5.74, 6) is 5.15. The summed E-state index contributed by atoms with van der Waals surface area (Å²) >= 11 is 0. The van der Waals surface area contributed by atoms with Crippen molar-refractivity contribution in [1.29, 1.82) is 0 Å². The number of rotatable bonds is 3. The minimum atomic E-state index is -0.374. The number of amides is 1. The van der Waals surface area contributed by atoms with Gasteiger partial charge in [-0.2, -0.15) is 0 Å². The predicted octanol–water partition coefficient (Wildman–Crippen LogP) is 0.603. The fourth-order valence-electron chi connectivity index (χ4n) is 1.33. The van der Waals surface area contributed by atoms with Crippen molar-refractivity contribution in [2.24, 2.45) is 5.84 Å². The molecule has 0 aliphatic heterocycles. The molecule has 0 aliphatic rings. The summed E-state index contributed by atoms with van der Waals surface area (Å²) < 4.78 is 5.23. The highest BCUT2D eigenvalue weighted by Crippen LogP contribution is 2.18. The lowest BCUT2D eigenvalue weighted by molar-refractivity contribution is -0.123. The van der Waals surface area contributed by atoms with Crippen LogP contribution in [0.1, 0.15) is 0 Å². The lowest BCUT2D eigenvalue weighted by Crippen LogP contribution is -2.34. The molecular formula is C11H11N3O2. The number of pyridine rings is 1. The molecule has 2 aromatic rings. The van der Waals surface area contributed by atoms with Gasteiger partial charge in [0.2, 0.25) is 0 Å². The van der Waals surface area contributed by atoms with E-state index in [1.807, 2.05) is 23.6 Å². The quantitative estimate of drug-likeness (QED) is 0.448. The zero-order valence-electron chi connectivity index (χ0n) is 8.51. The lowest BCUT2D eigenvalue weighted by Gasteiger charge is -2.05. The second-order valence-corrected chi connectivity index (χ2v) is 3.21. The number of nitrogens with zero attached hydrogens (tertiary/aromatic N) is 1. The van der Waals surface area contributed by atoms with E-state index in [-0.39, 0.29) is 12.5 Å². The van der Waals surface area contributed by atoms with Crippen LogP contribution in [0.15, 0.2) is 36.5 Å². The molecule has 16 heavy (non-hydrogen) atoms. The first kappa shape index (κ1) is 10.4. The number of hydrazine groups is 1. The molecule has 5 nitrogen and oxygen atoms in total. The second-order valence-electron chi connectivity index (χ2n) is 3.21. The molecule has 1 amide bonds. The molecule has 1 aromatic heterocycles. The average Bonchev–Trinajstić information content (AvgIpc) is 2.35. The molecule has 0 bridgehead atoms. The fourth-order valence-corrected chi connectivity index (χ4v) is 1.33. The molecular weight excluding hydrogens is 206 g/mol. The van der Waals surface area contributed by atoms with Crippen molar-refractivity contribution >= 4 is 16.8 Å². The topological polar surface area (TPSA) is 77.2 Å². The van der Waals surface area contributed by atoms with Crippen LogP contribution < -0.4 is 16.0 Å². The van der Waals surface area contributed by atoms with Gasteiger partial charge in [-0.05, 0) is 18.2 Å². The van der Waals surface area contributed by atoms with Gasteiger partial charge in [-0.1, -0.05) is 6.07 Å². The summed E-state index contributed by atoms with van der Waals surface area (Å²) in [5, 5.41) is 1.03. The Balaban J connectivity index is 2.16. The number of ether oxygens (including phenoxy) is 1. The van der Waals surface area contributed by atoms with E-state index in [0.717, 1.165) is 10.9 Å². The average molecular weight is 217 g/mol. The maximum absolute atomic E-state index is 10.9. The first-order valence-corrected chi connectivity index (χ1v) is 4.76. The van der Waals surface area contributed by atoms with Crippen LogP contribution in [-0.2, 0) is 4.79 Å². The van der Waals surface area contributed by atoms with Crippen molar-refractivity contribution in [1.82, 2.24) is 10.4 Å². The minimum absolute atomic E-state index is 0.102. The Morgan fingerprint density at radius 2 is 2.31 bits per heavy atom. The normalized spacial score (nSPS) is 10.1. The number of nitrogens with one attached hydrogen (secondary N) is 1. The molecule has 0 unspecified atom stereocenters. The Hall–Kier alpha value is -2.14. The summed E-state index contributed by atoms with van der Waals surface area (Å²) in [5.41, 5.74) is 2.82. The van der Waals surface area contributed by atoms with Crippen LogP contribution in [0, 0.1) is 0 Å². The zero-order chi connectivity index (χ0) is 11.4. The summed E-state index contributed by atoms with van der Waals surface area (Å²) in [6.45, 7) is -0.102. The van der Waals surface area contributed by atoms with Crippen molar-refractivity contribution < 1.29 is 9.53 Å². The number of carbonyl (C=O) groups is 1. The third-order valence-corrected chi connectivity index (χ3v) is 2.11. The van der Waals surface area contributed by atoms with Crippen LogP contribution in [0.4, 0.5) is 0 Å². The Bertz CT molecular complexity index is 513. The lowest BCUT2D eigenvalue weighted by atomic mass is 10.2. The van der Waals surface area contributed by atoms with Gasteiger partial charge in [0.1, 0.15) is 5.75 Å². The molecule has 3 N–H and O–H groups in total. The summed E-state index contributed by atoms with van der Waals surface area (Å²) in [6.07, 6.45) is 1.71. The summed E-state index contributed by atoms with van der Waals surface area (Å²) in [4.78, 5) is 15.1. The number of hydrogen-bond donors (Lipinski definition) is 2. The van der Waals surface area contributed by atoms with E-state index in [1.165, 1.54) is 0 Å². The van der Waals surface area contributed by atoms with Gasteiger partial charge < -0.3 is 4.74 Å².